The van der Waals surface area contributed by atoms with Crippen LogP contribution in [0.4, 0.5) is 0 Å². The number of benzene rings is 1. The maximum Gasteiger partial charge on any atom is 0.345 e. The molecule has 2 heterocycles. The fourth-order valence-corrected chi connectivity index (χ4v) is 4.41. The fraction of sp³-hybridized carbons (Fsp3) is 0.435. The topological polar surface area (TPSA) is 92.7 Å². The number of amides is 1. The summed E-state index contributed by atoms with van der Waals surface area (Å²) in [6.45, 7) is 2.45. The minimum absolute atomic E-state index is 0.0235. The van der Waals surface area contributed by atoms with Gasteiger partial charge in [0.15, 0.2) is 5.78 Å². The Bertz CT molecular complexity index is 889. The third-order valence-electron chi connectivity index (χ3n) is 5.19. The summed E-state index contributed by atoms with van der Waals surface area (Å²) in [4.78, 5) is 36.1. The molecule has 2 aromatic rings. The molecule has 1 aliphatic heterocycles. The van der Waals surface area contributed by atoms with E-state index in [9.17, 15) is 19.5 Å². The predicted molar refractivity (Wildman–Crippen MR) is 115 cm³/mol. The Balaban J connectivity index is 1.75. The van der Waals surface area contributed by atoms with E-state index in [2.05, 4.69) is 12.2 Å². The van der Waals surface area contributed by atoms with Crippen LogP contribution in [0.25, 0.3) is 0 Å². The summed E-state index contributed by atoms with van der Waals surface area (Å²) >= 11 is 1.17. The van der Waals surface area contributed by atoms with Gasteiger partial charge < -0.3 is 15.2 Å². The van der Waals surface area contributed by atoms with Crippen LogP contribution in [0, 0.1) is 0 Å². The highest BCUT2D eigenvalue weighted by Gasteiger charge is 2.25. The second-order valence-corrected chi connectivity index (χ2v) is 8.64. The lowest BCUT2D eigenvalue weighted by Crippen LogP contribution is -2.30. The Labute approximate surface area is 180 Å². The summed E-state index contributed by atoms with van der Waals surface area (Å²) in [6.07, 6.45) is 4.32. The van der Waals surface area contributed by atoms with Crippen molar-refractivity contribution >= 4 is 29.0 Å². The number of unbranched alkanes of at least 4 members (excludes halogenated alkanes) is 2. The zero-order chi connectivity index (χ0) is 21.5. The van der Waals surface area contributed by atoms with Gasteiger partial charge in [0.05, 0.1) is 12.6 Å². The number of hydrogen-bond donors (Lipinski definition) is 2. The third-order valence-corrected chi connectivity index (χ3v) is 6.30. The molecule has 1 aliphatic rings. The molecule has 2 N–H and O–H groups in total. The van der Waals surface area contributed by atoms with Gasteiger partial charge in [0.2, 0.25) is 5.91 Å². The molecule has 1 unspecified atom stereocenters. The minimum atomic E-state index is -0.971. The van der Waals surface area contributed by atoms with Crippen LogP contribution in [0.15, 0.2) is 36.4 Å². The van der Waals surface area contributed by atoms with E-state index >= 15 is 0 Å². The lowest BCUT2D eigenvalue weighted by atomic mass is 10.0. The number of ether oxygens (including phenoxy) is 1. The monoisotopic (exact) mass is 429 g/mol. The molecule has 1 saturated heterocycles. The molecule has 1 amide bonds. The Morgan fingerprint density at radius 3 is 2.57 bits per heavy atom. The van der Waals surface area contributed by atoms with Crippen LogP contribution in [0.3, 0.4) is 0 Å². The van der Waals surface area contributed by atoms with Crippen LogP contribution in [0.5, 0.6) is 0 Å². The molecule has 6 nitrogen and oxygen atoms in total. The molecule has 0 spiro atoms. The number of carbonyl (C=O) groups is 3. The van der Waals surface area contributed by atoms with Gasteiger partial charge in [-0.05, 0) is 30.5 Å². The first kappa shape index (κ1) is 22.2. The van der Waals surface area contributed by atoms with Crippen molar-refractivity contribution in [2.24, 2.45) is 0 Å². The Hall–Kier alpha value is -2.51. The number of ketones is 1. The Kier molecular flexibility index (Phi) is 7.76. The van der Waals surface area contributed by atoms with E-state index in [-0.39, 0.29) is 22.6 Å². The number of Topliss-reactive ketones (excluding diaryl/α,β-unsaturated/α-hetero) is 1. The van der Waals surface area contributed by atoms with Crippen molar-refractivity contribution in [1.82, 2.24) is 5.32 Å². The number of rotatable bonds is 11. The summed E-state index contributed by atoms with van der Waals surface area (Å²) < 4.78 is 6.14. The van der Waals surface area contributed by atoms with E-state index in [0.717, 1.165) is 36.1 Å². The average molecular weight is 430 g/mol. The molecule has 160 valence electrons. The van der Waals surface area contributed by atoms with E-state index in [1.807, 2.05) is 24.3 Å². The van der Waals surface area contributed by atoms with E-state index in [1.165, 1.54) is 11.3 Å². The molecule has 0 bridgehead atoms. The van der Waals surface area contributed by atoms with E-state index in [1.54, 1.807) is 12.1 Å². The second kappa shape index (κ2) is 10.5. The van der Waals surface area contributed by atoms with E-state index < -0.39 is 12.1 Å². The van der Waals surface area contributed by atoms with Crippen LogP contribution in [0.2, 0.25) is 0 Å². The van der Waals surface area contributed by atoms with Gasteiger partial charge in [-0.2, -0.15) is 0 Å². The first-order chi connectivity index (χ1) is 14.5. The van der Waals surface area contributed by atoms with Gasteiger partial charge in [-0.3, -0.25) is 9.59 Å². The van der Waals surface area contributed by atoms with Gasteiger partial charge in [0.1, 0.15) is 11.0 Å². The van der Waals surface area contributed by atoms with Crippen LogP contribution >= 0.6 is 11.3 Å². The highest BCUT2D eigenvalue weighted by atomic mass is 32.1. The van der Waals surface area contributed by atoms with Crippen molar-refractivity contribution in [2.75, 3.05) is 6.61 Å². The molecule has 0 radical (unpaired) electrons. The average Bonchev–Trinajstić information content (AvgIpc) is 3.38. The molecule has 1 aromatic carbocycles. The number of carboxylic acid groups (broad SMARTS) is 1. The van der Waals surface area contributed by atoms with Crippen LogP contribution in [0.1, 0.15) is 82.0 Å². The molecule has 1 fully saturated rings. The highest BCUT2D eigenvalue weighted by Crippen LogP contribution is 2.32. The quantitative estimate of drug-likeness (QED) is 0.402. The second-order valence-electron chi connectivity index (χ2n) is 7.53. The SMILES string of the molecule is CCCCCC(=O)c1ccc([C@@H](OCC2CCC(=O)N2)c2ccc(C(=O)O)s2)cc1. The fourth-order valence-electron chi connectivity index (χ4n) is 3.49. The summed E-state index contributed by atoms with van der Waals surface area (Å²) in [5, 5.41) is 12.1. The number of thiophene rings is 1. The number of aromatic carboxylic acids is 1. The Morgan fingerprint density at radius 2 is 1.97 bits per heavy atom. The maximum absolute atomic E-state index is 12.3. The first-order valence-electron chi connectivity index (χ1n) is 10.3. The molecule has 7 heteroatoms. The van der Waals surface area contributed by atoms with Gasteiger partial charge in [-0.1, -0.05) is 44.0 Å². The normalized spacial score (nSPS) is 17.0. The maximum atomic E-state index is 12.3. The number of hydrogen-bond acceptors (Lipinski definition) is 5. The molecule has 1 aromatic heterocycles. The van der Waals surface area contributed by atoms with Gasteiger partial charge in [-0.25, -0.2) is 4.79 Å². The molecule has 3 rings (SSSR count). The first-order valence-corrected chi connectivity index (χ1v) is 11.2. The van der Waals surface area contributed by atoms with Crippen molar-refractivity contribution in [3.8, 4) is 0 Å². The zero-order valence-electron chi connectivity index (χ0n) is 17.1. The van der Waals surface area contributed by atoms with Crippen molar-refractivity contribution in [3.63, 3.8) is 0 Å². The molecule has 2 atom stereocenters. The summed E-state index contributed by atoms with van der Waals surface area (Å²) in [7, 11) is 0. The van der Waals surface area contributed by atoms with Crippen LogP contribution in [-0.2, 0) is 9.53 Å². The molecule has 0 aliphatic carbocycles. The summed E-state index contributed by atoms with van der Waals surface area (Å²) in [5.41, 5.74) is 1.53. The molecule has 30 heavy (non-hydrogen) atoms. The smallest absolute Gasteiger partial charge is 0.345 e. The standard InChI is InChI=1S/C23H27NO5S/c1-2-3-4-5-18(25)15-6-8-16(9-7-15)22(19-11-12-20(30-19)23(27)28)29-14-17-10-13-21(26)24-17/h6-9,11-12,17,22H,2-5,10,13-14H2,1H3,(H,24,26)(H,27,28)/t17?,22-/m1/s1. The number of nitrogens with one attached hydrogen (secondary N) is 1. The summed E-state index contributed by atoms with van der Waals surface area (Å²) in [5.74, 6) is -0.818. The predicted octanol–water partition coefficient (Wildman–Crippen LogP) is 4.59. The third kappa shape index (κ3) is 5.77. The van der Waals surface area contributed by atoms with Crippen LogP contribution < -0.4 is 5.32 Å². The minimum Gasteiger partial charge on any atom is -0.477 e. The van der Waals surface area contributed by atoms with Crippen molar-refractivity contribution in [2.45, 2.75) is 57.6 Å². The summed E-state index contributed by atoms with van der Waals surface area (Å²) in [6, 6.07) is 10.6. The van der Waals surface area contributed by atoms with Gasteiger partial charge in [-0.15, -0.1) is 11.3 Å². The molecular formula is C23H27NO5S. The molecule has 0 saturated carbocycles. The van der Waals surface area contributed by atoms with Crippen molar-refractivity contribution in [3.05, 3.63) is 57.3 Å². The van der Waals surface area contributed by atoms with E-state index in [4.69, 9.17) is 4.74 Å². The van der Waals surface area contributed by atoms with Crippen LogP contribution in [-0.4, -0.2) is 35.4 Å². The van der Waals surface area contributed by atoms with Gasteiger partial charge >= 0.3 is 5.97 Å². The Morgan fingerprint density at radius 1 is 1.20 bits per heavy atom. The van der Waals surface area contributed by atoms with Gasteiger partial charge in [0.25, 0.3) is 0 Å². The number of carboxylic acids is 1. The van der Waals surface area contributed by atoms with Crippen molar-refractivity contribution in [1.29, 1.82) is 0 Å². The van der Waals surface area contributed by atoms with Gasteiger partial charge in [0, 0.05) is 23.3 Å². The highest BCUT2D eigenvalue weighted by molar-refractivity contribution is 7.14. The largest absolute Gasteiger partial charge is 0.477 e. The van der Waals surface area contributed by atoms with E-state index in [0.29, 0.717) is 25.0 Å². The van der Waals surface area contributed by atoms with Crippen molar-refractivity contribution < 1.29 is 24.2 Å². The lowest BCUT2D eigenvalue weighted by Gasteiger charge is -2.20. The zero-order valence-corrected chi connectivity index (χ0v) is 17.9. The lowest BCUT2D eigenvalue weighted by molar-refractivity contribution is -0.119. The molecular weight excluding hydrogens is 402 g/mol. The number of carbonyl (C=O) groups excluding carboxylic acids is 2.